The second kappa shape index (κ2) is 13.1. The summed E-state index contributed by atoms with van der Waals surface area (Å²) in [5.41, 5.74) is 6.47. The van der Waals surface area contributed by atoms with Crippen molar-refractivity contribution in [1.82, 2.24) is 24.6 Å². The van der Waals surface area contributed by atoms with Gasteiger partial charge in [-0.25, -0.2) is 19.5 Å². The average Bonchev–Trinajstić information content (AvgIpc) is 3.50. The van der Waals surface area contributed by atoms with E-state index in [1.807, 2.05) is 44.2 Å². The molecule has 0 bridgehead atoms. The molecule has 0 spiro atoms. The van der Waals surface area contributed by atoms with Crippen molar-refractivity contribution in [1.29, 1.82) is 0 Å². The highest BCUT2D eigenvalue weighted by Gasteiger charge is 2.41. The predicted octanol–water partition coefficient (Wildman–Crippen LogP) is 4.63. The SMILES string of the molecule is CCOC(=O)[C@H](CC(C)C)NP(=O)(OC[C@@H]1C[C@H](O)[C@H](n2c(Cl)nc3c(N)ncnc32)O1)Oc1cccc2ccccc12. The van der Waals surface area contributed by atoms with E-state index in [4.69, 9.17) is 35.9 Å². The fourth-order valence-corrected chi connectivity index (χ4v) is 6.79. The largest absolute Gasteiger partial charge is 0.465 e. The van der Waals surface area contributed by atoms with E-state index in [0.29, 0.717) is 23.2 Å². The number of carbonyl (C=O) groups is 1. The van der Waals surface area contributed by atoms with E-state index >= 15 is 0 Å². The number of fused-ring (bicyclic) bond motifs is 2. The summed E-state index contributed by atoms with van der Waals surface area (Å²) in [5, 5.41) is 15.3. The molecule has 230 valence electrons. The lowest BCUT2D eigenvalue weighted by Gasteiger charge is -2.26. The molecule has 13 nitrogen and oxygen atoms in total. The zero-order valence-electron chi connectivity index (χ0n) is 23.9. The Bertz CT molecular complexity index is 1650. The second-order valence-electron chi connectivity index (χ2n) is 10.6. The standard InChI is InChI=1S/C28H34ClN6O7P/c1-4-39-27(37)20(12-16(2)3)34-43(38,42-22-11-7-9-17-8-5-6-10-19(17)22)40-14-18-13-21(36)26(41-18)35-25-23(33-28(35)29)24(30)31-15-32-25/h5-11,15-16,18,20-21,26,36H,4,12-14H2,1-3H3,(H,34,38)(H2,30,31,32)/t18-,20-,21-,26+,43?/m0/s1. The van der Waals surface area contributed by atoms with Crippen LogP contribution in [0.3, 0.4) is 0 Å². The number of hydrogen-bond donors (Lipinski definition) is 3. The minimum Gasteiger partial charge on any atom is -0.465 e. The first-order valence-electron chi connectivity index (χ1n) is 13.9. The van der Waals surface area contributed by atoms with Crippen LogP contribution in [0.25, 0.3) is 21.9 Å². The van der Waals surface area contributed by atoms with Crippen LogP contribution in [0.5, 0.6) is 5.75 Å². The molecule has 0 amide bonds. The lowest BCUT2D eigenvalue weighted by Crippen LogP contribution is -2.39. The summed E-state index contributed by atoms with van der Waals surface area (Å²) in [5.74, 6) is -0.0694. The Balaban J connectivity index is 1.40. The van der Waals surface area contributed by atoms with E-state index in [1.165, 1.54) is 10.9 Å². The maximum Gasteiger partial charge on any atom is 0.459 e. The Hall–Kier alpha value is -3.32. The van der Waals surface area contributed by atoms with Crippen LogP contribution >= 0.6 is 19.3 Å². The Kier molecular flexibility index (Phi) is 9.50. The highest BCUT2D eigenvalue weighted by molar-refractivity contribution is 7.52. The molecular weight excluding hydrogens is 599 g/mol. The van der Waals surface area contributed by atoms with Crippen LogP contribution in [0.15, 0.2) is 48.8 Å². The Morgan fingerprint density at radius 3 is 2.79 bits per heavy atom. The number of ether oxygens (including phenoxy) is 2. The van der Waals surface area contributed by atoms with Crippen molar-refractivity contribution in [3.63, 3.8) is 0 Å². The number of halogens is 1. The van der Waals surface area contributed by atoms with Gasteiger partial charge in [0.2, 0.25) is 5.28 Å². The monoisotopic (exact) mass is 632 g/mol. The minimum absolute atomic E-state index is 0.00501. The van der Waals surface area contributed by atoms with Gasteiger partial charge in [0.1, 0.15) is 24.2 Å². The molecule has 1 aliphatic heterocycles. The van der Waals surface area contributed by atoms with Gasteiger partial charge in [-0.05, 0) is 42.3 Å². The van der Waals surface area contributed by atoms with Crippen LogP contribution in [0.1, 0.15) is 39.8 Å². The van der Waals surface area contributed by atoms with Crippen LogP contribution in [0, 0.1) is 5.92 Å². The molecular formula is C28H34ClN6O7P. The van der Waals surface area contributed by atoms with Gasteiger partial charge < -0.3 is 24.8 Å². The van der Waals surface area contributed by atoms with Gasteiger partial charge in [-0.2, -0.15) is 5.09 Å². The lowest BCUT2D eigenvalue weighted by molar-refractivity contribution is -0.145. The van der Waals surface area contributed by atoms with Gasteiger partial charge in [-0.3, -0.25) is 13.9 Å². The van der Waals surface area contributed by atoms with Crippen LogP contribution in [-0.4, -0.2) is 62.1 Å². The molecule has 43 heavy (non-hydrogen) atoms. The predicted molar refractivity (Wildman–Crippen MR) is 160 cm³/mol. The molecule has 4 aromatic rings. The number of imidazole rings is 1. The number of aromatic nitrogens is 4. The summed E-state index contributed by atoms with van der Waals surface area (Å²) < 4.78 is 39.1. The molecule has 5 rings (SSSR count). The minimum atomic E-state index is -4.24. The second-order valence-corrected chi connectivity index (χ2v) is 12.6. The van der Waals surface area contributed by atoms with E-state index < -0.39 is 38.2 Å². The van der Waals surface area contributed by atoms with Gasteiger partial charge >= 0.3 is 13.7 Å². The molecule has 0 aliphatic carbocycles. The van der Waals surface area contributed by atoms with Gasteiger partial charge in [0.25, 0.3) is 0 Å². The van der Waals surface area contributed by atoms with E-state index in [0.717, 1.165) is 5.39 Å². The number of benzene rings is 2. The first-order valence-corrected chi connectivity index (χ1v) is 15.8. The van der Waals surface area contributed by atoms with E-state index in [9.17, 15) is 14.5 Å². The van der Waals surface area contributed by atoms with Gasteiger partial charge in [0.15, 0.2) is 23.2 Å². The van der Waals surface area contributed by atoms with Crippen molar-refractivity contribution in [2.24, 2.45) is 5.92 Å². The molecule has 0 saturated carbocycles. The molecule has 2 aromatic heterocycles. The van der Waals surface area contributed by atoms with Crippen molar-refractivity contribution >= 4 is 53.1 Å². The summed E-state index contributed by atoms with van der Waals surface area (Å²) in [6, 6.07) is 11.8. The molecule has 1 aliphatic rings. The molecule has 3 heterocycles. The van der Waals surface area contributed by atoms with Crippen LogP contribution in [0.4, 0.5) is 5.82 Å². The number of rotatable bonds is 12. The summed E-state index contributed by atoms with van der Waals surface area (Å²) in [4.78, 5) is 25.2. The average molecular weight is 633 g/mol. The number of esters is 1. The first kappa shape index (κ1) is 31.1. The fraction of sp³-hybridized carbons (Fsp3) is 0.429. The molecule has 4 N–H and O–H groups in total. The zero-order valence-corrected chi connectivity index (χ0v) is 25.6. The normalized spacial score (nSPS) is 20.8. The number of nitrogens with zero attached hydrogens (tertiary/aromatic N) is 4. The molecule has 1 unspecified atom stereocenters. The number of nitrogens with one attached hydrogen (secondary N) is 1. The van der Waals surface area contributed by atoms with Crippen LogP contribution in [0.2, 0.25) is 5.28 Å². The molecule has 1 fully saturated rings. The van der Waals surface area contributed by atoms with Crippen molar-refractivity contribution in [3.8, 4) is 5.75 Å². The number of aliphatic hydroxyl groups excluding tert-OH is 1. The van der Waals surface area contributed by atoms with Gasteiger partial charge in [0, 0.05) is 11.8 Å². The van der Waals surface area contributed by atoms with E-state index in [-0.39, 0.29) is 42.2 Å². The molecule has 5 atom stereocenters. The van der Waals surface area contributed by atoms with Crippen LogP contribution in [-0.2, 0) is 23.4 Å². The summed E-state index contributed by atoms with van der Waals surface area (Å²) in [6.45, 7) is 5.47. The Morgan fingerprint density at radius 1 is 1.26 bits per heavy atom. The van der Waals surface area contributed by atoms with Crippen molar-refractivity contribution in [2.45, 2.75) is 58.1 Å². The summed E-state index contributed by atoms with van der Waals surface area (Å²) in [6.07, 6.45) is -1.03. The number of nitrogen functional groups attached to an aromatic ring is 1. The van der Waals surface area contributed by atoms with Crippen molar-refractivity contribution in [3.05, 3.63) is 54.1 Å². The fourth-order valence-electron chi connectivity index (χ4n) is 4.98. The Labute approximate surface area is 253 Å². The highest BCUT2D eigenvalue weighted by atomic mass is 35.5. The van der Waals surface area contributed by atoms with Crippen LogP contribution < -0.4 is 15.3 Å². The number of anilines is 1. The van der Waals surface area contributed by atoms with Gasteiger partial charge in [-0.1, -0.05) is 50.2 Å². The van der Waals surface area contributed by atoms with Gasteiger partial charge in [-0.15, -0.1) is 0 Å². The molecule has 1 saturated heterocycles. The number of carbonyl (C=O) groups excluding carboxylic acids is 1. The third-order valence-electron chi connectivity index (χ3n) is 6.87. The van der Waals surface area contributed by atoms with Crippen molar-refractivity contribution in [2.75, 3.05) is 18.9 Å². The maximum absolute atomic E-state index is 14.4. The maximum atomic E-state index is 14.4. The first-order chi connectivity index (χ1) is 20.6. The molecule has 2 aromatic carbocycles. The third-order valence-corrected chi connectivity index (χ3v) is 8.69. The lowest BCUT2D eigenvalue weighted by atomic mass is 10.1. The number of hydrogen-bond acceptors (Lipinski definition) is 11. The molecule has 15 heteroatoms. The summed E-state index contributed by atoms with van der Waals surface area (Å²) in [7, 11) is -4.24. The van der Waals surface area contributed by atoms with E-state index in [2.05, 4.69) is 20.0 Å². The van der Waals surface area contributed by atoms with E-state index in [1.54, 1.807) is 19.1 Å². The van der Waals surface area contributed by atoms with Gasteiger partial charge in [0.05, 0.1) is 19.3 Å². The zero-order chi connectivity index (χ0) is 30.7. The van der Waals surface area contributed by atoms with Crippen molar-refractivity contribution < 1.29 is 33.0 Å². The quantitative estimate of drug-likeness (QED) is 0.112. The topological polar surface area (TPSA) is 173 Å². The smallest absolute Gasteiger partial charge is 0.459 e. The number of aliphatic hydroxyl groups is 1. The third kappa shape index (κ3) is 6.93. The highest BCUT2D eigenvalue weighted by Crippen LogP contribution is 2.48. The Morgan fingerprint density at radius 2 is 2.02 bits per heavy atom. The molecule has 0 radical (unpaired) electrons. The summed E-state index contributed by atoms with van der Waals surface area (Å²) >= 11 is 6.36. The number of nitrogens with two attached hydrogens (primary N) is 1.